The second kappa shape index (κ2) is 5.48. The Balaban J connectivity index is 2.12. The Morgan fingerprint density at radius 2 is 2.14 bits per heavy atom. The molecule has 0 aliphatic carbocycles. The lowest BCUT2D eigenvalue weighted by atomic mass is 10.2. The van der Waals surface area contributed by atoms with E-state index in [4.69, 9.17) is 16.3 Å². The van der Waals surface area contributed by atoms with Crippen LogP contribution in [0.15, 0.2) is 30.5 Å². The highest BCUT2D eigenvalue weighted by Gasteiger charge is 2.20. The molecule has 1 N–H and O–H groups in total. The summed E-state index contributed by atoms with van der Waals surface area (Å²) in [7, 11) is 1.53. The van der Waals surface area contributed by atoms with Gasteiger partial charge in [-0.15, -0.1) is 0 Å². The van der Waals surface area contributed by atoms with Crippen LogP contribution in [-0.4, -0.2) is 27.6 Å². The van der Waals surface area contributed by atoms with Crippen LogP contribution in [0.25, 0.3) is 16.2 Å². The maximum atomic E-state index is 11.3. The van der Waals surface area contributed by atoms with Crippen molar-refractivity contribution in [1.29, 1.82) is 0 Å². The fourth-order valence-electron chi connectivity index (χ4n) is 2.09. The zero-order chi connectivity index (χ0) is 15.0. The van der Waals surface area contributed by atoms with Gasteiger partial charge < -0.3 is 9.84 Å². The zero-order valence-corrected chi connectivity index (χ0v) is 12.6. The summed E-state index contributed by atoms with van der Waals surface area (Å²) in [6.45, 7) is 0.220. The monoisotopic (exact) mass is 322 g/mol. The molecule has 108 valence electrons. The van der Waals surface area contributed by atoms with Crippen molar-refractivity contribution >= 4 is 33.9 Å². The molecule has 0 amide bonds. The Morgan fingerprint density at radius 3 is 2.76 bits per heavy atom. The molecule has 0 bridgehead atoms. The summed E-state index contributed by atoms with van der Waals surface area (Å²) in [6.07, 6.45) is 1.82. The first-order chi connectivity index (χ1) is 10.1. The van der Waals surface area contributed by atoms with E-state index in [1.54, 1.807) is 16.5 Å². The molecule has 0 radical (unpaired) electrons. The van der Waals surface area contributed by atoms with Crippen LogP contribution in [0.1, 0.15) is 15.4 Å². The highest BCUT2D eigenvalue weighted by Crippen LogP contribution is 2.28. The molecular weight excluding hydrogens is 312 g/mol. The molecule has 0 unspecified atom stereocenters. The normalized spacial score (nSPS) is 11.1. The largest absolute Gasteiger partial charge is 0.477 e. The van der Waals surface area contributed by atoms with E-state index >= 15 is 0 Å². The fourth-order valence-corrected chi connectivity index (χ4v) is 3.16. The van der Waals surface area contributed by atoms with Crippen molar-refractivity contribution < 1.29 is 14.6 Å². The van der Waals surface area contributed by atoms with Crippen LogP contribution in [-0.2, 0) is 11.3 Å². The number of aromatic carboxylic acids is 1. The molecule has 0 atom stereocenters. The van der Waals surface area contributed by atoms with E-state index in [1.165, 1.54) is 7.11 Å². The predicted molar refractivity (Wildman–Crippen MR) is 81.2 cm³/mol. The van der Waals surface area contributed by atoms with Crippen molar-refractivity contribution in [3.05, 3.63) is 46.1 Å². The number of methoxy groups -OCH3 is 1. The van der Waals surface area contributed by atoms with Gasteiger partial charge in [-0.3, -0.25) is 4.40 Å². The van der Waals surface area contributed by atoms with Crippen LogP contribution >= 0.6 is 22.9 Å². The number of halogens is 1. The highest BCUT2D eigenvalue weighted by molar-refractivity contribution is 7.19. The van der Waals surface area contributed by atoms with Gasteiger partial charge in [-0.25, -0.2) is 9.78 Å². The first kappa shape index (κ1) is 14.1. The smallest absolute Gasteiger partial charge is 0.347 e. The van der Waals surface area contributed by atoms with Crippen LogP contribution in [0.5, 0.6) is 0 Å². The van der Waals surface area contributed by atoms with Gasteiger partial charge in [0.25, 0.3) is 0 Å². The van der Waals surface area contributed by atoms with E-state index in [-0.39, 0.29) is 11.5 Å². The van der Waals surface area contributed by atoms with Gasteiger partial charge in [0.05, 0.1) is 18.0 Å². The number of rotatable bonds is 4. The lowest BCUT2D eigenvalue weighted by Gasteiger charge is -2.00. The lowest BCUT2D eigenvalue weighted by molar-refractivity contribution is 0.0696. The van der Waals surface area contributed by atoms with Crippen LogP contribution < -0.4 is 0 Å². The van der Waals surface area contributed by atoms with Crippen molar-refractivity contribution in [2.75, 3.05) is 7.11 Å². The topological polar surface area (TPSA) is 63.8 Å². The summed E-state index contributed by atoms with van der Waals surface area (Å²) in [5.41, 5.74) is 2.29. The van der Waals surface area contributed by atoms with E-state index in [0.717, 1.165) is 22.6 Å². The predicted octanol–water partition coefficient (Wildman–Crippen LogP) is 3.56. The highest BCUT2D eigenvalue weighted by atomic mass is 35.5. The maximum Gasteiger partial charge on any atom is 0.347 e. The number of carboxylic acid groups (broad SMARTS) is 1. The van der Waals surface area contributed by atoms with Crippen molar-refractivity contribution in [2.24, 2.45) is 0 Å². The molecule has 21 heavy (non-hydrogen) atoms. The molecule has 0 saturated heterocycles. The number of nitrogens with zero attached hydrogens (tertiary/aromatic N) is 2. The average Bonchev–Trinajstić information content (AvgIpc) is 2.99. The van der Waals surface area contributed by atoms with Gasteiger partial charge in [0.1, 0.15) is 4.88 Å². The van der Waals surface area contributed by atoms with Crippen molar-refractivity contribution in [2.45, 2.75) is 6.61 Å². The number of imidazole rings is 1. The molecule has 1 aromatic carbocycles. The molecule has 0 fully saturated rings. The first-order valence-corrected chi connectivity index (χ1v) is 7.28. The number of aromatic nitrogens is 2. The number of hydrogen-bond donors (Lipinski definition) is 1. The minimum Gasteiger partial charge on any atom is -0.477 e. The lowest BCUT2D eigenvalue weighted by Crippen LogP contribution is -2.02. The Morgan fingerprint density at radius 1 is 1.43 bits per heavy atom. The summed E-state index contributed by atoms with van der Waals surface area (Å²) >= 11 is 7.01. The van der Waals surface area contributed by atoms with Crippen LogP contribution in [0.3, 0.4) is 0 Å². The van der Waals surface area contributed by atoms with Gasteiger partial charge in [0.15, 0.2) is 4.96 Å². The molecule has 0 spiro atoms. The van der Waals surface area contributed by atoms with E-state index in [2.05, 4.69) is 4.98 Å². The van der Waals surface area contributed by atoms with E-state index in [0.29, 0.717) is 15.7 Å². The number of benzene rings is 1. The van der Waals surface area contributed by atoms with Gasteiger partial charge in [-0.1, -0.05) is 35.1 Å². The van der Waals surface area contributed by atoms with Crippen molar-refractivity contribution in [3.63, 3.8) is 0 Å². The van der Waals surface area contributed by atoms with Crippen molar-refractivity contribution in [3.8, 4) is 11.3 Å². The molecule has 5 nitrogen and oxygen atoms in total. The third-order valence-corrected chi connectivity index (χ3v) is 4.37. The Kier molecular flexibility index (Phi) is 3.67. The molecular formula is C14H11ClN2O3S. The summed E-state index contributed by atoms with van der Waals surface area (Å²) in [4.78, 5) is 16.6. The Hall–Kier alpha value is -1.89. The molecule has 3 aromatic rings. The second-order valence-corrected chi connectivity index (χ2v) is 5.82. The third-order valence-electron chi connectivity index (χ3n) is 3.04. The molecule has 0 aliphatic rings. The van der Waals surface area contributed by atoms with Crippen LogP contribution in [0, 0.1) is 0 Å². The van der Waals surface area contributed by atoms with Crippen molar-refractivity contribution in [1.82, 2.24) is 9.38 Å². The number of hydrogen-bond acceptors (Lipinski definition) is 4. The Bertz CT molecular complexity index is 808. The van der Waals surface area contributed by atoms with Gasteiger partial charge in [-0.05, 0) is 12.1 Å². The second-order valence-electron chi connectivity index (χ2n) is 4.40. The standard InChI is InChI=1S/C14H11ClN2O3S/c1-20-7-11-12(13(18)19)21-14-16-10(6-17(11)14)8-2-4-9(15)5-3-8/h2-6H,7H2,1H3,(H,18,19). The molecule has 2 aromatic heterocycles. The van der Waals surface area contributed by atoms with Gasteiger partial charge in [0.2, 0.25) is 0 Å². The molecule has 7 heteroatoms. The third kappa shape index (κ3) is 2.53. The van der Waals surface area contributed by atoms with E-state index in [1.807, 2.05) is 18.3 Å². The molecule has 0 saturated carbocycles. The van der Waals surface area contributed by atoms with Gasteiger partial charge in [0, 0.05) is 23.9 Å². The summed E-state index contributed by atoms with van der Waals surface area (Å²) in [5.74, 6) is -0.967. The summed E-state index contributed by atoms with van der Waals surface area (Å²) in [6, 6.07) is 7.35. The average molecular weight is 323 g/mol. The zero-order valence-electron chi connectivity index (χ0n) is 11.0. The number of carboxylic acids is 1. The van der Waals surface area contributed by atoms with Crippen LogP contribution in [0.2, 0.25) is 5.02 Å². The molecule has 0 aliphatic heterocycles. The van der Waals surface area contributed by atoms with E-state index < -0.39 is 5.97 Å². The number of thiazole rings is 1. The summed E-state index contributed by atoms with van der Waals surface area (Å²) < 4.78 is 6.86. The van der Waals surface area contributed by atoms with Crippen LogP contribution in [0.4, 0.5) is 0 Å². The van der Waals surface area contributed by atoms with Gasteiger partial charge >= 0.3 is 5.97 Å². The fraction of sp³-hybridized carbons (Fsp3) is 0.143. The maximum absolute atomic E-state index is 11.3. The van der Waals surface area contributed by atoms with E-state index in [9.17, 15) is 9.90 Å². The number of ether oxygens (including phenoxy) is 1. The van der Waals surface area contributed by atoms with Gasteiger partial charge in [-0.2, -0.15) is 0 Å². The molecule has 3 rings (SSSR count). The molecule has 2 heterocycles. The quantitative estimate of drug-likeness (QED) is 0.797. The summed E-state index contributed by atoms with van der Waals surface area (Å²) in [5, 5.41) is 9.89. The first-order valence-electron chi connectivity index (χ1n) is 6.09. The Labute approximate surface area is 129 Å². The number of carbonyl (C=O) groups is 1. The minimum absolute atomic E-state index is 0.220. The minimum atomic E-state index is -0.967. The number of fused-ring (bicyclic) bond motifs is 1. The SMILES string of the molecule is COCc1c(C(=O)O)sc2nc(-c3ccc(Cl)cc3)cn12.